The van der Waals surface area contributed by atoms with Gasteiger partial charge in [-0.3, -0.25) is 0 Å². The Morgan fingerprint density at radius 3 is 1.55 bits per heavy atom. The van der Waals surface area contributed by atoms with E-state index >= 15 is 0 Å². The van der Waals surface area contributed by atoms with Crippen molar-refractivity contribution < 1.29 is 4.42 Å². The molecule has 4 heterocycles. The standard InChI is InChI=1S/C65H39N5O/c1-3-13-40(14-4-1)41-23-25-43(26-24-41)63-66-64(46-29-33-58-54(36-46)50-19-9-11-21-56(50)69(58)48-17-5-2-6-18-48)68-65(67-63)47-28-32-52-61(38-47)71-60-34-30-42-27-31-49(39-53(42)62(52)60)70-57-22-12-10-20-51(57)55-35-44-15-7-8-16-45(44)37-59(55)70/h1-39H. The van der Waals surface area contributed by atoms with Gasteiger partial charge in [0, 0.05) is 60.4 Å². The van der Waals surface area contributed by atoms with E-state index in [1.54, 1.807) is 0 Å². The molecule has 0 bridgehead atoms. The minimum Gasteiger partial charge on any atom is -0.456 e. The Kier molecular flexibility index (Phi) is 8.56. The van der Waals surface area contributed by atoms with Gasteiger partial charge in [0.25, 0.3) is 0 Å². The van der Waals surface area contributed by atoms with E-state index in [-0.39, 0.29) is 0 Å². The van der Waals surface area contributed by atoms with Crippen molar-refractivity contribution in [2.45, 2.75) is 0 Å². The quantitative estimate of drug-likeness (QED) is 0.167. The number of para-hydroxylation sites is 3. The molecule has 0 atom stereocenters. The molecule has 0 saturated heterocycles. The summed E-state index contributed by atoms with van der Waals surface area (Å²) >= 11 is 0. The van der Waals surface area contributed by atoms with Crippen molar-refractivity contribution >= 4 is 87.1 Å². The Morgan fingerprint density at radius 2 is 0.803 bits per heavy atom. The summed E-state index contributed by atoms with van der Waals surface area (Å²) in [6.45, 7) is 0. The summed E-state index contributed by atoms with van der Waals surface area (Å²) in [4.78, 5) is 15.7. The molecular weight excluding hydrogens is 867 g/mol. The molecule has 0 aliphatic heterocycles. The Labute approximate surface area is 407 Å². The molecule has 0 saturated carbocycles. The first-order chi connectivity index (χ1) is 35.2. The Balaban J connectivity index is 0.890. The zero-order valence-corrected chi connectivity index (χ0v) is 38.2. The summed E-state index contributed by atoms with van der Waals surface area (Å²) in [5.41, 5.74) is 13.4. The molecule has 11 aromatic carbocycles. The molecule has 0 radical (unpaired) electrons. The van der Waals surface area contributed by atoms with Crippen LogP contribution in [0.2, 0.25) is 0 Å². The van der Waals surface area contributed by atoms with Gasteiger partial charge in [-0.05, 0) is 118 Å². The number of furan rings is 1. The first-order valence-corrected chi connectivity index (χ1v) is 24.0. The number of benzene rings is 11. The summed E-state index contributed by atoms with van der Waals surface area (Å²) in [6, 6.07) is 83.9. The largest absolute Gasteiger partial charge is 0.456 e. The van der Waals surface area contributed by atoms with E-state index in [4.69, 9.17) is 19.4 Å². The SMILES string of the molecule is c1ccc(-c2ccc(-c3nc(-c4ccc5c(c4)oc4ccc6ccc(-n7c8ccccc8c8cc9ccccc9cc87)cc6c45)nc(-c4ccc5c(c4)c4ccccc4n5-c4ccccc4)n3)cc2)cc1. The van der Waals surface area contributed by atoms with Crippen molar-refractivity contribution in [1.82, 2.24) is 24.1 Å². The van der Waals surface area contributed by atoms with Gasteiger partial charge in [0.2, 0.25) is 0 Å². The van der Waals surface area contributed by atoms with Crippen LogP contribution in [-0.2, 0) is 0 Å². The van der Waals surface area contributed by atoms with Crippen molar-refractivity contribution in [3.05, 3.63) is 237 Å². The lowest BCUT2D eigenvalue weighted by Gasteiger charge is -2.11. The van der Waals surface area contributed by atoms with Crippen molar-refractivity contribution in [3.63, 3.8) is 0 Å². The summed E-state index contributed by atoms with van der Waals surface area (Å²) in [5.74, 6) is 1.76. The van der Waals surface area contributed by atoms with E-state index in [9.17, 15) is 0 Å². The minimum atomic E-state index is 0.567. The lowest BCUT2D eigenvalue weighted by Crippen LogP contribution is -2.00. The van der Waals surface area contributed by atoms with E-state index in [2.05, 4.69) is 240 Å². The molecular formula is C65H39N5O. The second-order valence-corrected chi connectivity index (χ2v) is 18.4. The fourth-order valence-electron chi connectivity index (χ4n) is 11.0. The highest BCUT2D eigenvalue weighted by molar-refractivity contribution is 6.20. The van der Waals surface area contributed by atoms with Crippen LogP contribution in [0.5, 0.6) is 0 Å². The van der Waals surface area contributed by atoms with Gasteiger partial charge < -0.3 is 13.6 Å². The molecule has 0 aliphatic rings. The number of nitrogens with zero attached hydrogens (tertiary/aromatic N) is 5. The van der Waals surface area contributed by atoms with E-state index in [1.807, 2.05) is 6.07 Å². The fourth-order valence-corrected chi connectivity index (χ4v) is 11.0. The molecule has 0 spiro atoms. The lowest BCUT2D eigenvalue weighted by atomic mass is 10.0. The molecule has 0 fully saturated rings. The molecule has 0 unspecified atom stereocenters. The van der Waals surface area contributed by atoms with Gasteiger partial charge in [0.15, 0.2) is 17.5 Å². The summed E-state index contributed by atoms with van der Waals surface area (Å²) in [7, 11) is 0. The van der Waals surface area contributed by atoms with Crippen LogP contribution in [0, 0.1) is 0 Å². The normalized spacial score (nSPS) is 11.9. The monoisotopic (exact) mass is 905 g/mol. The van der Waals surface area contributed by atoms with Gasteiger partial charge in [-0.1, -0.05) is 152 Å². The summed E-state index contributed by atoms with van der Waals surface area (Å²) in [6.07, 6.45) is 0. The first-order valence-electron chi connectivity index (χ1n) is 24.0. The maximum atomic E-state index is 6.77. The summed E-state index contributed by atoms with van der Waals surface area (Å²) < 4.78 is 11.5. The smallest absolute Gasteiger partial charge is 0.164 e. The fraction of sp³-hybridized carbons (Fsp3) is 0. The van der Waals surface area contributed by atoms with Crippen LogP contribution in [0.4, 0.5) is 0 Å². The topological polar surface area (TPSA) is 61.7 Å². The second-order valence-electron chi connectivity index (χ2n) is 18.4. The predicted molar refractivity (Wildman–Crippen MR) is 293 cm³/mol. The Bertz CT molecular complexity index is 4620. The number of fused-ring (bicyclic) bond motifs is 12. The Morgan fingerprint density at radius 1 is 0.268 bits per heavy atom. The number of aromatic nitrogens is 5. The molecule has 330 valence electrons. The van der Waals surface area contributed by atoms with Crippen molar-refractivity contribution in [1.29, 1.82) is 0 Å². The number of hydrogen-bond acceptors (Lipinski definition) is 4. The highest BCUT2D eigenvalue weighted by atomic mass is 16.3. The minimum absolute atomic E-state index is 0.567. The van der Waals surface area contributed by atoms with Gasteiger partial charge in [-0.25, -0.2) is 15.0 Å². The third kappa shape index (κ3) is 6.25. The maximum Gasteiger partial charge on any atom is 0.164 e. The maximum absolute atomic E-state index is 6.77. The van der Waals surface area contributed by atoms with E-state index in [0.717, 1.165) is 93.7 Å². The highest BCUT2D eigenvalue weighted by Crippen LogP contribution is 2.41. The van der Waals surface area contributed by atoms with E-state index < -0.39 is 0 Å². The zero-order chi connectivity index (χ0) is 46.6. The average Bonchev–Trinajstić information content (AvgIpc) is 4.10. The molecule has 0 aliphatic carbocycles. The van der Waals surface area contributed by atoms with Gasteiger partial charge in [0.1, 0.15) is 11.2 Å². The summed E-state index contributed by atoms with van der Waals surface area (Å²) in [5, 5.41) is 11.6. The van der Waals surface area contributed by atoms with Gasteiger partial charge in [0.05, 0.1) is 22.1 Å². The first kappa shape index (κ1) is 39.4. The molecule has 0 amide bonds. The molecule has 4 aromatic heterocycles. The Hall–Kier alpha value is -9.65. The van der Waals surface area contributed by atoms with Crippen LogP contribution in [0.3, 0.4) is 0 Å². The molecule has 6 heteroatoms. The highest BCUT2D eigenvalue weighted by Gasteiger charge is 2.20. The average molecular weight is 906 g/mol. The van der Waals surface area contributed by atoms with Crippen molar-refractivity contribution in [2.75, 3.05) is 0 Å². The van der Waals surface area contributed by atoms with Crippen LogP contribution in [0.25, 0.3) is 144 Å². The molecule has 15 aromatic rings. The van der Waals surface area contributed by atoms with Crippen molar-refractivity contribution in [2.24, 2.45) is 0 Å². The molecule has 6 nitrogen and oxygen atoms in total. The predicted octanol–water partition coefficient (Wildman–Crippen LogP) is 16.9. The third-order valence-corrected chi connectivity index (χ3v) is 14.3. The lowest BCUT2D eigenvalue weighted by molar-refractivity contribution is 0.669. The van der Waals surface area contributed by atoms with E-state index in [1.165, 1.54) is 32.6 Å². The van der Waals surface area contributed by atoms with Gasteiger partial charge in [-0.2, -0.15) is 0 Å². The van der Waals surface area contributed by atoms with Gasteiger partial charge >= 0.3 is 0 Å². The zero-order valence-electron chi connectivity index (χ0n) is 38.2. The second kappa shape index (κ2) is 15.4. The van der Waals surface area contributed by atoms with Crippen LogP contribution in [-0.4, -0.2) is 24.1 Å². The van der Waals surface area contributed by atoms with Crippen LogP contribution in [0.1, 0.15) is 0 Å². The van der Waals surface area contributed by atoms with Crippen LogP contribution < -0.4 is 0 Å². The van der Waals surface area contributed by atoms with Gasteiger partial charge in [-0.15, -0.1) is 0 Å². The molecule has 71 heavy (non-hydrogen) atoms. The molecule has 15 rings (SSSR count). The van der Waals surface area contributed by atoms with E-state index in [0.29, 0.717) is 17.5 Å². The number of rotatable bonds is 6. The van der Waals surface area contributed by atoms with Crippen LogP contribution >= 0.6 is 0 Å². The van der Waals surface area contributed by atoms with Crippen molar-refractivity contribution in [3.8, 4) is 56.7 Å². The third-order valence-electron chi connectivity index (χ3n) is 14.3. The van der Waals surface area contributed by atoms with Crippen LogP contribution in [0.15, 0.2) is 241 Å². The molecule has 0 N–H and O–H groups in total. The number of hydrogen-bond donors (Lipinski definition) is 0.